The number of piperazine rings is 1. The molecule has 3 aromatic rings. The van der Waals surface area contributed by atoms with E-state index < -0.39 is 15.8 Å². The SMILES string of the molecule is Cc1cccc(N2CCN(C(=O)CCNS(=O)(=O)c3ccc4c(c3)oc(=O)n4C)C[C@@H]2C)c1. The highest BCUT2D eigenvalue weighted by atomic mass is 32.2. The fourth-order valence-corrected chi connectivity index (χ4v) is 5.24. The molecule has 0 spiro atoms. The van der Waals surface area contributed by atoms with Crippen molar-refractivity contribution in [3.63, 3.8) is 0 Å². The molecule has 4 rings (SSSR count). The summed E-state index contributed by atoms with van der Waals surface area (Å²) in [5.41, 5.74) is 3.04. The number of hydrogen-bond donors (Lipinski definition) is 1. The summed E-state index contributed by atoms with van der Waals surface area (Å²) < 4.78 is 34.1. The average molecular weight is 473 g/mol. The Bertz CT molecular complexity index is 1340. The van der Waals surface area contributed by atoms with Crippen LogP contribution in [0, 0.1) is 6.92 Å². The number of hydrogen-bond acceptors (Lipinski definition) is 6. The number of carbonyl (C=O) groups excluding carboxylic acids is 1. The molecule has 0 unspecified atom stereocenters. The van der Waals surface area contributed by atoms with Gasteiger partial charge in [0.15, 0.2) is 5.58 Å². The van der Waals surface area contributed by atoms with E-state index in [1.807, 2.05) is 6.07 Å². The second-order valence-electron chi connectivity index (χ2n) is 8.43. The summed E-state index contributed by atoms with van der Waals surface area (Å²) >= 11 is 0. The molecule has 0 aliphatic carbocycles. The van der Waals surface area contributed by atoms with Crippen LogP contribution in [0.2, 0.25) is 0 Å². The number of oxazole rings is 1. The molecule has 9 nitrogen and oxygen atoms in total. The fraction of sp³-hybridized carbons (Fsp3) is 0.391. The smallest absolute Gasteiger partial charge is 0.408 e. The van der Waals surface area contributed by atoms with Crippen LogP contribution in [-0.2, 0) is 21.9 Å². The number of sulfonamides is 1. The number of benzene rings is 2. The van der Waals surface area contributed by atoms with Gasteiger partial charge in [-0.1, -0.05) is 12.1 Å². The van der Waals surface area contributed by atoms with Gasteiger partial charge in [-0.3, -0.25) is 9.36 Å². The molecule has 0 saturated carbocycles. The van der Waals surface area contributed by atoms with Gasteiger partial charge in [0.25, 0.3) is 0 Å². The summed E-state index contributed by atoms with van der Waals surface area (Å²) in [6.45, 7) is 6.04. The number of aromatic nitrogens is 1. The third kappa shape index (κ3) is 4.81. The summed E-state index contributed by atoms with van der Waals surface area (Å²) in [5.74, 6) is -0.646. The normalized spacial score (nSPS) is 17.0. The van der Waals surface area contributed by atoms with Gasteiger partial charge in [0.1, 0.15) is 0 Å². The predicted molar refractivity (Wildman–Crippen MR) is 126 cm³/mol. The zero-order valence-electron chi connectivity index (χ0n) is 18.9. The molecule has 1 atom stereocenters. The average Bonchev–Trinajstić information content (AvgIpc) is 3.06. The van der Waals surface area contributed by atoms with Crippen molar-refractivity contribution in [1.29, 1.82) is 0 Å². The molecule has 1 aliphatic heterocycles. The third-order valence-corrected chi connectivity index (χ3v) is 7.48. The second kappa shape index (κ2) is 9.03. The first-order chi connectivity index (χ1) is 15.7. The monoisotopic (exact) mass is 472 g/mol. The maximum Gasteiger partial charge on any atom is 0.419 e. The number of rotatable bonds is 6. The van der Waals surface area contributed by atoms with Crippen LogP contribution < -0.4 is 15.4 Å². The molecule has 1 saturated heterocycles. The predicted octanol–water partition coefficient (Wildman–Crippen LogP) is 1.85. The molecular weight excluding hydrogens is 444 g/mol. The first-order valence-electron chi connectivity index (χ1n) is 10.9. The van der Waals surface area contributed by atoms with Gasteiger partial charge in [-0.15, -0.1) is 0 Å². The van der Waals surface area contributed by atoms with Crippen molar-refractivity contribution >= 4 is 32.7 Å². The Kier molecular flexibility index (Phi) is 6.31. The van der Waals surface area contributed by atoms with Crippen molar-refractivity contribution in [2.24, 2.45) is 7.05 Å². The maximum absolute atomic E-state index is 12.7. The molecule has 33 heavy (non-hydrogen) atoms. The molecule has 2 heterocycles. The lowest BCUT2D eigenvalue weighted by molar-refractivity contribution is -0.131. The Morgan fingerprint density at radius 1 is 1.18 bits per heavy atom. The number of fused-ring (bicyclic) bond motifs is 1. The van der Waals surface area contributed by atoms with Crippen LogP contribution in [0.15, 0.2) is 56.6 Å². The van der Waals surface area contributed by atoms with Gasteiger partial charge in [0, 0.05) is 57.4 Å². The van der Waals surface area contributed by atoms with Crippen molar-refractivity contribution in [3.05, 3.63) is 58.6 Å². The van der Waals surface area contributed by atoms with E-state index >= 15 is 0 Å². The van der Waals surface area contributed by atoms with Crippen LogP contribution in [0.1, 0.15) is 18.9 Å². The first-order valence-corrected chi connectivity index (χ1v) is 12.3. The van der Waals surface area contributed by atoms with Gasteiger partial charge >= 0.3 is 5.76 Å². The molecule has 176 valence electrons. The molecule has 2 aromatic carbocycles. The molecule has 1 aromatic heterocycles. The van der Waals surface area contributed by atoms with Gasteiger partial charge in [-0.05, 0) is 43.7 Å². The first kappa shape index (κ1) is 23.1. The van der Waals surface area contributed by atoms with Gasteiger partial charge < -0.3 is 14.2 Å². The number of amides is 1. The maximum atomic E-state index is 12.7. The van der Waals surface area contributed by atoms with Crippen molar-refractivity contribution in [2.45, 2.75) is 31.2 Å². The minimum atomic E-state index is -3.84. The molecule has 0 bridgehead atoms. The van der Waals surface area contributed by atoms with Gasteiger partial charge in [-0.2, -0.15) is 0 Å². The van der Waals surface area contributed by atoms with Crippen LogP contribution in [0.3, 0.4) is 0 Å². The van der Waals surface area contributed by atoms with Gasteiger partial charge in [-0.25, -0.2) is 17.9 Å². The van der Waals surface area contributed by atoms with Crippen molar-refractivity contribution in [1.82, 2.24) is 14.2 Å². The van der Waals surface area contributed by atoms with Crippen molar-refractivity contribution in [3.8, 4) is 0 Å². The molecule has 1 amide bonds. The summed E-state index contributed by atoms with van der Waals surface area (Å²) in [5, 5.41) is 0. The summed E-state index contributed by atoms with van der Waals surface area (Å²) in [6.07, 6.45) is 0.0685. The number of carbonyl (C=O) groups is 1. The van der Waals surface area contributed by atoms with E-state index in [1.54, 1.807) is 11.9 Å². The number of nitrogens with zero attached hydrogens (tertiary/aromatic N) is 3. The molecule has 0 radical (unpaired) electrons. The lowest BCUT2D eigenvalue weighted by atomic mass is 10.1. The fourth-order valence-electron chi connectivity index (χ4n) is 4.19. The minimum absolute atomic E-state index is 0.00951. The Morgan fingerprint density at radius 2 is 1.97 bits per heavy atom. The van der Waals surface area contributed by atoms with E-state index in [9.17, 15) is 18.0 Å². The van der Waals surface area contributed by atoms with E-state index in [4.69, 9.17) is 4.42 Å². The van der Waals surface area contributed by atoms with Crippen LogP contribution in [-0.4, -0.2) is 56.0 Å². The van der Waals surface area contributed by atoms with Crippen molar-refractivity contribution in [2.75, 3.05) is 31.1 Å². The molecule has 1 fully saturated rings. The molecule has 1 N–H and O–H groups in total. The standard InChI is InChI=1S/C23H28N4O5S/c1-16-5-4-6-18(13-16)27-12-11-26(15-17(27)2)22(28)9-10-24-33(30,31)19-7-8-20-21(14-19)32-23(29)25(20)3/h4-8,13-14,17,24H,9-12,15H2,1-3H3/t17-/m0/s1. The summed E-state index contributed by atoms with van der Waals surface area (Å²) in [6, 6.07) is 12.7. The van der Waals surface area contributed by atoms with E-state index in [2.05, 4.69) is 41.7 Å². The summed E-state index contributed by atoms with van der Waals surface area (Å²) in [7, 11) is -2.29. The highest BCUT2D eigenvalue weighted by Crippen LogP contribution is 2.22. The van der Waals surface area contributed by atoms with Crippen LogP contribution in [0.25, 0.3) is 11.1 Å². The Labute approximate surface area is 192 Å². The Balaban J connectivity index is 1.33. The topological polar surface area (TPSA) is 105 Å². The van der Waals surface area contributed by atoms with E-state index in [1.165, 1.54) is 28.3 Å². The minimum Gasteiger partial charge on any atom is -0.408 e. The highest BCUT2D eigenvalue weighted by molar-refractivity contribution is 7.89. The molecule has 10 heteroatoms. The van der Waals surface area contributed by atoms with Crippen molar-refractivity contribution < 1.29 is 17.6 Å². The van der Waals surface area contributed by atoms with Crippen LogP contribution in [0.5, 0.6) is 0 Å². The number of anilines is 1. The van der Waals surface area contributed by atoms with E-state index in [-0.39, 0.29) is 35.4 Å². The lowest BCUT2D eigenvalue weighted by Crippen LogP contribution is -2.54. The molecule has 1 aliphatic rings. The van der Waals surface area contributed by atoms with E-state index in [0.29, 0.717) is 18.6 Å². The highest BCUT2D eigenvalue weighted by Gasteiger charge is 2.27. The van der Waals surface area contributed by atoms with Crippen LogP contribution >= 0.6 is 0 Å². The number of nitrogens with one attached hydrogen (secondary N) is 1. The Morgan fingerprint density at radius 3 is 2.70 bits per heavy atom. The second-order valence-corrected chi connectivity index (χ2v) is 10.2. The number of aryl methyl sites for hydroxylation is 2. The quantitative estimate of drug-likeness (QED) is 0.587. The Hall–Kier alpha value is -3.11. The zero-order valence-corrected chi connectivity index (χ0v) is 19.8. The molecular formula is C23H28N4O5S. The lowest BCUT2D eigenvalue weighted by Gasteiger charge is -2.41. The van der Waals surface area contributed by atoms with Crippen LogP contribution in [0.4, 0.5) is 5.69 Å². The van der Waals surface area contributed by atoms with Gasteiger partial charge in [0.05, 0.1) is 10.4 Å². The summed E-state index contributed by atoms with van der Waals surface area (Å²) in [4.78, 5) is 28.4. The third-order valence-electron chi connectivity index (χ3n) is 6.02. The van der Waals surface area contributed by atoms with E-state index in [0.717, 1.165) is 12.2 Å². The van der Waals surface area contributed by atoms with Gasteiger partial charge in [0.2, 0.25) is 15.9 Å². The largest absolute Gasteiger partial charge is 0.419 e. The zero-order chi connectivity index (χ0) is 23.8.